The third-order valence-electron chi connectivity index (χ3n) is 6.67. The molecule has 0 saturated carbocycles. The molecule has 3 aromatic heterocycles. The largest absolute Gasteiger partial charge is 0.416 e. The minimum Gasteiger partial charge on any atom is -0.268 e. The molecular formula is C29H26F3N7O. The summed E-state index contributed by atoms with van der Waals surface area (Å²) >= 11 is 0. The number of aromatic amines is 1. The molecule has 3 heterocycles. The van der Waals surface area contributed by atoms with Crippen LogP contribution in [-0.4, -0.2) is 35.2 Å². The van der Waals surface area contributed by atoms with Crippen molar-refractivity contribution in [3.63, 3.8) is 0 Å². The first-order chi connectivity index (χ1) is 19.3. The summed E-state index contributed by atoms with van der Waals surface area (Å²) in [6, 6.07) is 17.3. The summed E-state index contributed by atoms with van der Waals surface area (Å²) in [4.78, 5) is 22.5. The lowest BCUT2D eigenvalue weighted by Crippen LogP contribution is -2.29. The average Bonchev–Trinajstić information content (AvgIpc) is 3.49. The van der Waals surface area contributed by atoms with Gasteiger partial charge in [-0.3, -0.25) is 4.79 Å². The lowest BCUT2D eigenvalue weighted by Gasteiger charge is -2.16. The zero-order valence-corrected chi connectivity index (χ0v) is 21.9. The molecule has 0 saturated heterocycles. The number of aromatic nitrogens is 7. The van der Waals surface area contributed by atoms with E-state index in [0.717, 1.165) is 58.0 Å². The summed E-state index contributed by atoms with van der Waals surface area (Å²) in [6.45, 7) is 3.66. The Morgan fingerprint density at radius 3 is 2.42 bits per heavy atom. The van der Waals surface area contributed by atoms with Crippen LogP contribution in [0.25, 0.3) is 28.3 Å². The van der Waals surface area contributed by atoms with Gasteiger partial charge in [0.25, 0.3) is 5.56 Å². The molecule has 0 aliphatic heterocycles. The Kier molecular flexibility index (Phi) is 7.54. The molecule has 204 valence electrons. The fourth-order valence-electron chi connectivity index (χ4n) is 4.65. The molecule has 40 heavy (non-hydrogen) atoms. The van der Waals surface area contributed by atoms with Crippen molar-refractivity contribution in [2.75, 3.05) is 0 Å². The zero-order valence-electron chi connectivity index (χ0n) is 21.9. The van der Waals surface area contributed by atoms with E-state index in [0.29, 0.717) is 29.3 Å². The van der Waals surface area contributed by atoms with E-state index in [1.165, 1.54) is 0 Å². The van der Waals surface area contributed by atoms with Gasteiger partial charge in [0.05, 0.1) is 11.3 Å². The highest BCUT2D eigenvalue weighted by atomic mass is 19.4. The third-order valence-corrected chi connectivity index (χ3v) is 6.67. The number of aryl methyl sites for hydroxylation is 2. The van der Waals surface area contributed by atoms with Crippen LogP contribution in [0.15, 0.2) is 71.7 Å². The molecule has 0 fully saturated rings. The molecule has 0 unspecified atom stereocenters. The Labute approximate surface area is 228 Å². The summed E-state index contributed by atoms with van der Waals surface area (Å²) < 4.78 is 41.3. The second-order valence-electron chi connectivity index (χ2n) is 9.40. The Morgan fingerprint density at radius 2 is 1.75 bits per heavy atom. The first kappa shape index (κ1) is 26.9. The summed E-state index contributed by atoms with van der Waals surface area (Å²) in [5.74, 6) is 0.734. The standard InChI is InChI=1S/C29H26F3N7O/c1-3-4-9-25-24(28(40)39(18(2)34-25)26-17-21(14-15-33-26)29(30,31)32)16-19-10-12-20(13-11-19)22-7-5-6-8-23(22)27-35-37-38-36-27/h5-8,10-15,17H,3-4,9,16H2,1-2H3,(H,35,36,37,38). The van der Waals surface area contributed by atoms with E-state index in [4.69, 9.17) is 0 Å². The monoisotopic (exact) mass is 545 g/mol. The molecular weight excluding hydrogens is 519 g/mol. The lowest BCUT2D eigenvalue weighted by atomic mass is 9.96. The van der Waals surface area contributed by atoms with Crippen molar-refractivity contribution in [3.05, 3.63) is 105 Å². The molecule has 0 spiro atoms. The van der Waals surface area contributed by atoms with Crippen LogP contribution in [0.3, 0.4) is 0 Å². The fraction of sp³-hybridized carbons (Fsp3) is 0.241. The van der Waals surface area contributed by atoms with Gasteiger partial charge in [-0.2, -0.15) is 13.2 Å². The molecule has 1 N–H and O–H groups in total. The summed E-state index contributed by atoms with van der Waals surface area (Å²) in [6.07, 6.45) is -0.894. The van der Waals surface area contributed by atoms with E-state index in [1.807, 2.05) is 55.5 Å². The molecule has 0 radical (unpaired) electrons. The summed E-state index contributed by atoms with van der Waals surface area (Å²) in [5, 5.41) is 14.1. The summed E-state index contributed by atoms with van der Waals surface area (Å²) in [7, 11) is 0. The molecule has 8 nitrogen and oxygen atoms in total. The van der Waals surface area contributed by atoms with Gasteiger partial charge in [-0.15, -0.1) is 5.10 Å². The SMILES string of the molecule is CCCCc1nc(C)n(-c2cc(C(F)(F)F)ccn2)c(=O)c1Cc1ccc(-c2ccccc2-c2nnn[nH]2)cc1. The van der Waals surface area contributed by atoms with Gasteiger partial charge in [-0.25, -0.2) is 19.6 Å². The number of tetrazole rings is 1. The Balaban J connectivity index is 1.53. The number of pyridine rings is 1. The Hall–Kier alpha value is -4.67. The average molecular weight is 546 g/mol. The van der Waals surface area contributed by atoms with Crippen LogP contribution in [0.4, 0.5) is 13.2 Å². The van der Waals surface area contributed by atoms with E-state index >= 15 is 0 Å². The molecule has 11 heteroatoms. The number of rotatable bonds is 8. The van der Waals surface area contributed by atoms with Gasteiger partial charge >= 0.3 is 6.18 Å². The Morgan fingerprint density at radius 1 is 1.00 bits per heavy atom. The quantitative estimate of drug-likeness (QED) is 0.267. The van der Waals surface area contributed by atoms with E-state index in [9.17, 15) is 18.0 Å². The molecule has 0 amide bonds. The van der Waals surface area contributed by atoms with Gasteiger partial charge < -0.3 is 0 Å². The second-order valence-corrected chi connectivity index (χ2v) is 9.40. The highest BCUT2D eigenvalue weighted by Gasteiger charge is 2.31. The highest BCUT2D eigenvalue weighted by Crippen LogP contribution is 2.31. The normalized spacial score (nSPS) is 11.6. The van der Waals surface area contributed by atoms with E-state index < -0.39 is 17.3 Å². The number of halogens is 3. The molecule has 0 atom stereocenters. The van der Waals surface area contributed by atoms with Crippen LogP contribution in [0.5, 0.6) is 0 Å². The van der Waals surface area contributed by atoms with E-state index in [-0.39, 0.29) is 12.2 Å². The third kappa shape index (κ3) is 5.54. The van der Waals surface area contributed by atoms with Crippen molar-refractivity contribution in [3.8, 4) is 28.3 Å². The number of benzene rings is 2. The molecule has 5 aromatic rings. The predicted octanol–water partition coefficient (Wildman–Crippen LogP) is 5.74. The number of H-pyrrole nitrogens is 1. The van der Waals surface area contributed by atoms with Crippen LogP contribution >= 0.6 is 0 Å². The highest BCUT2D eigenvalue weighted by molar-refractivity contribution is 5.80. The van der Waals surface area contributed by atoms with E-state index in [2.05, 4.69) is 30.6 Å². The number of nitrogens with zero attached hydrogens (tertiary/aromatic N) is 6. The summed E-state index contributed by atoms with van der Waals surface area (Å²) in [5.41, 5.74) is 3.39. The first-order valence-corrected chi connectivity index (χ1v) is 12.8. The maximum Gasteiger partial charge on any atom is 0.416 e. The van der Waals surface area contributed by atoms with Gasteiger partial charge in [-0.1, -0.05) is 61.9 Å². The van der Waals surface area contributed by atoms with Crippen LogP contribution in [0.1, 0.15) is 48.0 Å². The number of nitrogens with one attached hydrogen (secondary N) is 1. The van der Waals surface area contributed by atoms with Crippen molar-refractivity contribution in [1.29, 1.82) is 0 Å². The first-order valence-electron chi connectivity index (χ1n) is 12.8. The van der Waals surface area contributed by atoms with Crippen molar-refractivity contribution in [2.24, 2.45) is 0 Å². The minimum absolute atomic E-state index is 0.109. The number of hydrogen-bond acceptors (Lipinski definition) is 6. The van der Waals surface area contributed by atoms with Crippen LogP contribution in [0.2, 0.25) is 0 Å². The number of alkyl halides is 3. The molecule has 0 aliphatic carbocycles. The smallest absolute Gasteiger partial charge is 0.268 e. The molecule has 0 bridgehead atoms. The fourth-order valence-corrected chi connectivity index (χ4v) is 4.65. The Bertz CT molecular complexity index is 1680. The second kappa shape index (κ2) is 11.2. The topological polar surface area (TPSA) is 102 Å². The minimum atomic E-state index is -4.56. The number of unbranched alkanes of at least 4 members (excludes halogenated alkanes) is 1. The number of hydrogen-bond donors (Lipinski definition) is 1. The van der Waals surface area contributed by atoms with Gasteiger partial charge in [0.15, 0.2) is 5.82 Å². The van der Waals surface area contributed by atoms with Crippen molar-refractivity contribution < 1.29 is 13.2 Å². The lowest BCUT2D eigenvalue weighted by molar-refractivity contribution is -0.137. The maximum absolute atomic E-state index is 13.8. The molecule has 2 aromatic carbocycles. The van der Waals surface area contributed by atoms with Crippen molar-refractivity contribution >= 4 is 0 Å². The van der Waals surface area contributed by atoms with Crippen LogP contribution in [-0.2, 0) is 19.0 Å². The van der Waals surface area contributed by atoms with Gasteiger partial charge in [-0.05, 0) is 59.0 Å². The molecule has 0 aliphatic rings. The van der Waals surface area contributed by atoms with Crippen molar-refractivity contribution in [2.45, 2.75) is 45.7 Å². The van der Waals surface area contributed by atoms with Crippen molar-refractivity contribution in [1.82, 2.24) is 35.2 Å². The van der Waals surface area contributed by atoms with Crippen LogP contribution in [0, 0.1) is 6.92 Å². The predicted molar refractivity (Wildman–Crippen MR) is 144 cm³/mol. The van der Waals surface area contributed by atoms with E-state index in [1.54, 1.807) is 6.92 Å². The van der Waals surface area contributed by atoms with Crippen LogP contribution < -0.4 is 5.56 Å². The van der Waals surface area contributed by atoms with Gasteiger partial charge in [0, 0.05) is 23.7 Å². The van der Waals surface area contributed by atoms with Gasteiger partial charge in [0.2, 0.25) is 0 Å². The zero-order chi connectivity index (χ0) is 28.3. The maximum atomic E-state index is 13.8. The molecule has 5 rings (SSSR count). The van der Waals surface area contributed by atoms with Gasteiger partial charge in [0.1, 0.15) is 11.6 Å².